The van der Waals surface area contributed by atoms with Crippen molar-refractivity contribution < 1.29 is 27.1 Å². The molecule has 3 aromatic rings. The molecule has 9 heteroatoms. The largest absolute Gasteiger partial charge is 0.484 e. The van der Waals surface area contributed by atoms with Crippen molar-refractivity contribution in [2.24, 2.45) is 0 Å². The van der Waals surface area contributed by atoms with Crippen LogP contribution in [0.3, 0.4) is 0 Å². The average molecular weight is 405 g/mol. The molecule has 7 nitrogen and oxygen atoms in total. The van der Waals surface area contributed by atoms with Crippen molar-refractivity contribution in [1.82, 2.24) is 15.6 Å². The minimum atomic E-state index is -3.01. The van der Waals surface area contributed by atoms with Gasteiger partial charge in [-0.05, 0) is 45.0 Å². The molecule has 0 aliphatic carbocycles. The van der Waals surface area contributed by atoms with Gasteiger partial charge in [0.25, 0.3) is 11.8 Å². The molecule has 1 aliphatic heterocycles. The van der Waals surface area contributed by atoms with Gasteiger partial charge in [-0.25, -0.2) is 13.8 Å². The fourth-order valence-corrected chi connectivity index (χ4v) is 3.43. The molecule has 1 aromatic carbocycles. The molecular formula is C20H21F2N3O4. The highest BCUT2D eigenvalue weighted by molar-refractivity contribution is 6.07. The number of nitrogens with zero attached hydrogens (tertiary/aromatic N) is 1. The number of aromatic nitrogens is 1. The predicted molar refractivity (Wildman–Crippen MR) is 100 cm³/mol. The average Bonchev–Trinajstić information content (AvgIpc) is 3.23. The molecule has 0 saturated carbocycles. The first kappa shape index (κ1) is 19.4. The van der Waals surface area contributed by atoms with Crippen LogP contribution in [0.2, 0.25) is 0 Å². The number of alkyl halides is 2. The van der Waals surface area contributed by atoms with Crippen LogP contribution < -0.4 is 15.4 Å². The molecular weight excluding hydrogens is 384 g/mol. The molecule has 0 radical (unpaired) electrons. The van der Waals surface area contributed by atoms with Gasteiger partial charge in [-0.1, -0.05) is 0 Å². The van der Waals surface area contributed by atoms with E-state index in [1.54, 1.807) is 25.1 Å². The van der Waals surface area contributed by atoms with E-state index in [-0.39, 0.29) is 18.6 Å². The summed E-state index contributed by atoms with van der Waals surface area (Å²) in [5.74, 6) is -2.33. The molecule has 1 aliphatic rings. The lowest BCUT2D eigenvalue weighted by molar-refractivity contribution is -0.0487. The zero-order valence-corrected chi connectivity index (χ0v) is 16.1. The highest BCUT2D eigenvalue weighted by atomic mass is 19.3. The molecule has 1 fully saturated rings. The number of amides is 1. The van der Waals surface area contributed by atoms with Crippen LogP contribution in [0.15, 0.2) is 33.3 Å². The number of benzene rings is 1. The second-order valence-electron chi connectivity index (χ2n) is 7.12. The Balaban J connectivity index is 1.56. The number of piperidine rings is 1. The molecule has 1 unspecified atom stereocenters. The van der Waals surface area contributed by atoms with E-state index in [2.05, 4.69) is 15.6 Å². The van der Waals surface area contributed by atoms with Crippen molar-refractivity contribution in [2.75, 3.05) is 13.1 Å². The Morgan fingerprint density at radius 3 is 2.97 bits per heavy atom. The van der Waals surface area contributed by atoms with Gasteiger partial charge in [0.1, 0.15) is 23.4 Å². The first-order valence-corrected chi connectivity index (χ1v) is 9.30. The maximum Gasteiger partial charge on any atom is 0.280 e. The van der Waals surface area contributed by atoms with E-state index >= 15 is 0 Å². The summed E-state index contributed by atoms with van der Waals surface area (Å²) in [7, 11) is 0. The van der Waals surface area contributed by atoms with Crippen molar-refractivity contribution in [3.63, 3.8) is 0 Å². The van der Waals surface area contributed by atoms with Crippen molar-refractivity contribution in [1.29, 1.82) is 0 Å². The Bertz CT molecular complexity index is 1040. The number of halogens is 2. The third kappa shape index (κ3) is 3.95. The van der Waals surface area contributed by atoms with Gasteiger partial charge in [0.05, 0.1) is 23.8 Å². The second kappa shape index (κ2) is 7.47. The normalized spacial score (nSPS) is 18.7. The summed E-state index contributed by atoms with van der Waals surface area (Å²) in [6.07, 6.45) is 1.68. The number of hydrogen-bond acceptors (Lipinski definition) is 6. The zero-order chi connectivity index (χ0) is 20.6. The fourth-order valence-electron chi connectivity index (χ4n) is 3.43. The summed E-state index contributed by atoms with van der Waals surface area (Å²) < 4.78 is 44.7. The lowest BCUT2D eigenvalue weighted by Gasteiger charge is -2.32. The molecule has 4 rings (SSSR count). The Morgan fingerprint density at radius 1 is 1.41 bits per heavy atom. The molecule has 154 valence electrons. The van der Waals surface area contributed by atoms with Crippen LogP contribution in [0.4, 0.5) is 8.78 Å². The Hall–Kier alpha value is -2.94. The fraction of sp³-hybridized carbons (Fsp3) is 0.400. The van der Waals surface area contributed by atoms with Crippen molar-refractivity contribution in [3.8, 4) is 5.75 Å². The molecule has 0 spiro atoms. The van der Waals surface area contributed by atoms with E-state index in [0.717, 1.165) is 5.69 Å². The maximum absolute atomic E-state index is 14.1. The van der Waals surface area contributed by atoms with Crippen LogP contribution >= 0.6 is 0 Å². The number of hydrogen-bond donors (Lipinski definition) is 2. The molecule has 2 N–H and O–H groups in total. The van der Waals surface area contributed by atoms with E-state index in [9.17, 15) is 13.6 Å². The molecule has 0 bridgehead atoms. The zero-order valence-electron chi connectivity index (χ0n) is 16.1. The number of ether oxygens (including phenoxy) is 1. The van der Waals surface area contributed by atoms with Crippen molar-refractivity contribution in [3.05, 3.63) is 47.4 Å². The van der Waals surface area contributed by atoms with E-state index in [0.29, 0.717) is 34.9 Å². The highest BCUT2D eigenvalue weighted by Crippen LogP contribution is 2.30. The number of fused-ring (bicyclic) bond motifs is 1. The van der Waals surface area contributed by atoms with Crippen LogP contribution in [0.25, 0.3) is 11.0 Å². The van der Waals surface area contributed by atoms with Gasteiger partial charge in [0, 0.05) is 5.39 Å². The summed E-state index contributed by atoms with van der Waals surface area (Å²) in [6.45, 7) is 3.53. The van der Waals surface area contributed by atoms with E-state index in [4.69, 9.17) is 13.6 Å². The van der Waals surface area contributed by atoms with Crippen LogP contribution in [-0.4, -0.2) is 35.9 Å². The van der Waals surface area contributed by atoms with Gasteiger partial charge in [0.2, 0.25) is 5.89 Å². The number of rotatable bonds is 5. The van der Waals surface area contributed by atoms with E-state index < -0.39 is 24.4 Å². The third-order valence-electron chi connectivity index (χ3n) is 4.88. The van der Waals surface area contributed by atoms with Gasteiger partial charge < -0.3 is 24.2 Å². The number of furan rings is 1. The number of nitrogens with one attached hydrogen (secondary N) is 2. The third-order valence-corrected chi connectivity index (χ3v) is 4.88. The molecule has 1 amide bonds. The first-order chi connectivity index (χ1) is 13.8. The predicted octanol–water partition coefficient (Wildman–Crippen LogP) is 3.34. The van der Waals surface area contributed by atoms with Gasteiger partial charge in [-0.15, -0.1) is 0 Å². The lowest BCUT2D eigenvalue weighted by atomic mass is 10.0. The monoisotopic (exact) mass is 405 g/mol. The SMILES string of the molecule is Cc1coc(COc2ccc3oc(C)c(C(=O)NC4CCNCC4(F)F)c3c2)n1. The molecule has 1 saturated heterocycles. The summed E-state index contributed by atoms with van der Waals surface area (Å²) in [5, 5.41) is 5.61. The summed E-state index contributed by atoms with van der Waals surface area (Å²) in [4.78, 5) is 17.0. The number of carbonyl (C=O) groups is 1. The van der Waals surface area contributed by atoms with Crippen LogP contribution in [0.1, 0.15) is 34.1 Å². The molecule has 3 heterocycles. The Labute approximate surface area is 165 Å². The smallest absolute Gasteiger partial charge is 0.280 e. The minimum Gasteiger partial charge on any atom is -0.484 e. The second-order valence-corrected chi connectivity index (χ2v) is 7.12. The Morgan fingerprint density at radius 2 is 2.24 bits per heavy atom. The molecule has 29 heavy (non-hydrogen) atoms. The Kier molecular flexibility index (Phi) is 4.99. The first-order valence-electron chi connectivity index (χ1n) is 9.30. The number of oxazole rings is 1. The van der Waals surface area contributed by atoms with E-state index in [1.165, 1.54) is 6.26 Å². The van der Waals surface area contributed by atoms with Crippen molar-refractivity contribution >= 4 is 16.9 Å². The van der Waals surface area contributed by atoms with E-state index in [1.807, 2.05) is 6.92 Å². The summed E-state index contributed by atoms with van der Waals surface area (Å²) in [6, 6.07) is 3.79. The van der Waals surface area contributed by atoms with Crippen LogP contribution in [0, 0.1) is 13.8 Å². The summed E-state index contributed by atoms with van der Waals surface area (Å²) >= 11 is 0. The number of carbonyl (C=O) groups excluding carboxylic acids is 1. The number of aryl methyl sites for hydroxylation is 2. The van der Waals surface area contributed by atoms with Gasteiger partial charge in [-0.3, -0.25) is 4.79 Å². The van der Waals surface area contributed by atoms with Crippen molar-refractivity contribution in [2.45, 2.75) is 38.8 Å². The standard InChI is InChI=1S/C20H21F2N3O4/c1-11-8-28-17(24-11)9-27-13-3-4-15-14(7-13)18(12(2)29-15)19(26)25-16-5-6-23-10-20(16,21)22/h3-4,7-8,16,23H,5-6,9-10H2,1-2H3,(H,25,26). The van der Waals surface area contributed by atoms with Crippen LogP contribution in [-0.2, 0) is 6.61 Å². The minimum absolute atomic E-state index is 0.124. The molecule has 2 aromatic heterocycles. The van der Waals surface area contributed by atoms with Crippen LogP contribution in [0.5, 0.6) is 5.75 Å². The maximum atomic E-state index is 14.1. The topological polar surface area (TPSA) is 89.5 Å². The quantitative estimate of drug-likeness (QED) is 0.677. The summed E-state index contributed by atoms with van der Waals surface area (Å²) in [5.41, 5.74) is 1.45. The van der Waals surface area contributed by atoms with Gasteiger partial charge >= 0.3 is 0 Å². The molecule has 1 atom stereocenters. The highest BCUT2D eigenvalue weighted by Gasteiger charge is 2.42. The van der Waals surface area contributed by atoms with Gasteiger partial charge in [-0.2, -0.15) is 0 Å². The lowest BCUT2D eigenvalue weighted by Crippen LogP contribution is -2.57. The van der Waals surface area contributed by atoms with Gasteiger partial charge in [0.15, 0.2) is 6.61 Å².